The Morgan fingerprint density at radius 2 is 1.91 bits per heavy atom. The molecule has 1 aromatic rings. The van der Waals surface area contributed by atoms with Gasteiger partial charge in [0.25, 0.3) is 5.91 Å². The molecule has 122 valence electrons. The van der Waals surface area contributed by atoms with Gasteiger partial charge in [-0.15, -0.1) is 11.8 Å². The molecule has 1 aliphatic rings. The Labute approximate surface area is 135 Å². The zero-order chi connectivity index (χ0) is 16.3. The number of carbonyl (C=O) groups is 1. The Morgan fingerprint density at radius 1 is 1.27 bits per heavy atom. The lowest BCUT2D eigenvalue weighted by Gasteiger charge is -2.27. The molecule has 0 aromatic heterocycles. The fourth-order valence-electron chi connectivity index (χ4n) is 2.16. The van der Waals surface area contributed by atoms with E-state index in [2.05, 4.69) is 0 Å². The summed E-state index contributed by atoms with van der Waals surface area (Å²) in [4.78, 5) is 15.3. The summed E-state index contributed by atoms with van der Waals surface area (Å²) in [5, 5.41) is 0. The maximum Gasteiger partial charge on any atom is 0.255 e. The first-order valence-corrected chi connectivity index (χ1v) is 9.52. The number of hydrogen-bond acceptors (Lipinski definition) is 5. The van der Waals surface area contributed by atoms with Crippen molar-refractivity contribution in [1.82, 2.24) is 9.21 Å². The number of nitrogens with zero attached hydrogens (tertiary/aromatic N) is 2. The fourth-order valence-corrected chi connectivity index (χ4v) is 3.66. The number of benzene rings is 1. The second kappa shape index (κ2) is 6.99. The van der Waals surface area contributed by atoms with Gasteiger partial charge in [-0.25, -0.2) is 12.7 Å². The van der Waals surface area contributed by atoms with Crippen LogP contribution >= 0.6 is 11.8 Å². The van der Waals surface area contributed by atoms with Gasteiger partial charge in [0.2, 0.25) is 10.0 Å². The third-order valence-electron chi connectivity index (χ3n) is 3.48. The van der Waals surface area contributed by atoms with Crippen LogP contribution in [0.3, 0.4) is 0 Å². The van der Waals surface area contributed by atoms with Crippen molar-refractivity contribution < 1.29 is 17.9 Å². The van der Waals surface area contributed by atoms with Gasteiger partial charge in [-0.05, 0) is 24.5 Å². The third-order valence-corrected chi connectivity index (χ3v) is 6.09. The van der Waals surface area contributed by atoms with Gasteiger partial charge in [-0.1, -0.05) is 0 Å². The topological polar surface area (TPSA) is 66.9 Å². The predicted molar refractivity (Wildman–Crippen MR) is 85.8 cm³/mol. The molecule has 0 aliphatic carbocycles. The molecule has 1 heterocycles. The maximum absolute atomic E-state index is 12.7. The maximum atomic E-state index is 12.7. The molecule has 1 saturated heterocycles. The highest BCUT2D eigenvalue weighted by atomic mass is 32.2. The normalized spacial score (nSPS) is 16.1. The van der Waals surface area contributed by atoms with E-state index in [0.29, 0.717) is 31.9 Å². The molecule has 6 nitrogen and oxygen atoms in total. The molecule has 1 fully saturated rings. The highest BCUT2D eigenvalue weighted by Gasteiger charge is 2.24. The SMILES string of the molecule is CSc1ccc(S(=O)(=O)N(C)C)cc1C(=O)N1CCOCC1. The zero-order valence-electron chi connectivity index (χ0n) is 12.9. The van der Waals surface area contributed by atoms with E-state index < -0.39 is 10.0 Å². The molecule has 0 atom stereocenters. The van der Waals surface area contributed by atoms with E-state index in [1.54, 1.807) is 11.0 Å². The van der Waals surface area contributed by atoms with Crippen molar-refractivity contribution in [2.75, 3.05) is 46.7 Å². The van der Waals surface area contributed by atoms with Crippen LogP contribution in [0.5, 0.6) is 0 Å². The largest absolute Gasteiger partial charge is 0.378 e. The summed E-state index contributed by atoms with van der Waals surface area (Å²) in [7, 11) is -0.613. The number of rotatable bonds is 4. The smallest absolute Gasteiger partial charge is 0.255 e. The molecule has 0 bridgehead atoms. The number of sulfonamides is 1. The van der Waals surface area contributed by atoms with Gasteiger partial charge in [-0.2, -0.15) is 0 Å². The number of carbonyl (C=O) groups excluding carboxylic acids is 1. The second-order valence-electron chi connectivity index (χ2n) is 5.05. The quantitative estimate of drug-likeness (QED) is 0.766. The van der Waals surface area contributed by atoms with Gasteiger partial charge in [-0.3, -0.25) is 4.79 Å². The number of hydrogen-bond donors (Lipinski definition) is 0. The Balaban J connectivity index is 2.42. The molecule has 8 heteroatoms. The summed E-state index contributed by atoms with van der Waals surface area (Å²) >= 11 is 1.43. The number of amides is 1. The summed E-state index contributed by atoms with van der Waals surface area (Å²) in [5.74, 6) is -0.150. The molecular weight excluding hydrogens is 324 g/mol. The third kappa shape index (κ3) is 3.45. The van der Waals surface area contributed by atoms with Gasteiger partial charge in [0.15, 0.2) is 0 Å². The van der Waals surface area contributed by atoms with Crippen molar-refractivity contribution in [3.05, 3.63) is 23.8 Å². The molecule has 0 spiro atoms. The first-order valence-electron chi connectivity index (χ1n) is 6.85. The van der Waals surface area contributed by atoms with Crippen LogP contribution in [-0.4, -0.2) is 70.2 Å². The van der Waals surface area contributed by atoms with Gasteiger partial charge in [0.05, 0.1) is 23.7 Å². The lowest BCUT2D eigenvalue weighted by Crippen LogP contribution is -2.41. The van der Waals surface area contributed by atoms with Crippen molar-refractivity contribution in [1.29, 1.82) is 0 Å². The first-order chi connectivity index (χ1) is 10.4. The highest BCUT2D eigenvalue weighted by Crippen LogP contribution is 2.26. The minimum Gasteiger partial charge on any atom is -0.378 e. The van der Waals surface area contributed by atoms with Crippen LogP contribution in [0, 0.1) is 0 Å². The molecular formula is C14H20N2O4S2. The standard InChI is InChI=1S/C14H20N2O4S2/c1-15(2)22(18,19)11-4-5-13(21-3)12(10-11)14(17)16-6-8-20-9-7-16/h4-5,10H,6-9H2,1-3H3. The molecule has 0 unspecified atom stereocenters. The Morgan fingerprint density at radius 3 is 2.45 bits per heavy atom. The van der Waals surface area contributed by atoms with Gasteiger partial charge in [0.1, 0.15) is 0 Å². The van der Waals surface area contributed by atoms with E-state index in [1.165, 1.54) is 38.0 Å². The molecule has 0 saturated carbocycles. The molecule has 2 rings (SSSR count). The molecule has 0 N–H and O–H groups in total. The van der Waals surface area contributed by atoms with E-state index in [0.717, 1.165) is 9.20 Å². The van der Waals surface area contributed by atoms with Crippen LogP contribution in [0.25, 0.3) is 0 Å². The van der Waals surface area contributed by atoms with Gasteiger partial charge >= 0.3 is 0 Å². The molecule has 1 amide bonds. The Hall–Kier alpha value is -1.09. The fraction of sp³-hybridized carbons (Fsp3) is 0.500. The van der Waals surface area contributed by atoms with Crippen LogP contribution < -0.4 is 0 Å². The summed E-state index contributed by atoms with van der Waals surface area (Å²) in [6.45, 7) is 2.07. The molecule has 1 aromatic carbocycles. The van der Waals surface area contributed by atoms with Crippen LogP contribution in [0.15, 0.2) is 28.0 Å². The van der Waals surface area contributed by atoms with Crippen molar-refractivity contribution in [2.45, 2.75) is 9.79 Å². The van der Waals surface area contributed by atoms with Crippen molar-refractivity contribution in [3.8, 4) is 0 Å². The lowest BCUT2D eigenvalue weighted by atomic mass is 10.2. The van der Waals surface area contributed by atoms with Crippen LogP contribution in [0.2, 0.25) is 0 Å². The Bertz CT molecular complexity index is 653. The van der Waals surface area contributed by atoms with E-state index in [1.807, 2.05) is 6.26 Å². The van der Waals surface area contributed by atoms with E-state index in [4.69, 9.17) is 4.74 Å². The number of morpholine rings is 1. The lowest BCUT2D eigenvalue weighted by molar-refractivity contribution is 0.0300. The minimum atomic E-state index is -3.56. The van der Waals surface area contributed by atoms with Crippen LogP contribution in [0.1, 0.15) is 10.4 Å². The first kappa shape index (κ1) is 17.3. The van der Waals surface area contributed by atoms with E-state index >= 15 is 0 Å². The zero-order valence-corrected chi connectivity index (χ0v) is 14.5. The van der Waals surface area contributed by atoms with Crippen LogP contribution in [0.4, 0.5) is 0 Å². The summed E-state index contributed by atoms with van der Waals surface area (Å²) in [6.07, 6.45) is 1.87. The van der Waals surface area contributed by atoms with Gasteiger partial charge in [0, 0.05) is 32.1 Å². The summed E-state index contributed by atoms with van der Waals surface area (Å²) in [6, 6.07) is 4.70. The summed E-state index contributed by atoms with van der Waals surface area (Å²) < 4.78 is 30.9. The van der Waals surface area contributed by atoms with E-state index in [9.17, 15) is 13.2 Å². The summed E-state index contributed by atoms with van der Waals surface area (Å²) in [5.41, 5.74) is 0.428. The molecule has 22 heavy (non-hydrogen) atoms. The van der Waals surface area contributed by atoms with Crippen molar-refractivity contribution in [3.63, 3.8) is 0 Å². The second-order valence-corrected chi connectivity index (χ2v) is 8.05. The predicted octanol–water partition coefficient (Wildman–Crippen LogP) is 1.13. The average molecular weight is 344 g/mol. The number of ether oxygens (including phenoxy) is 1. The van der Waals surface area contributed by atoms with E-state index in [-0.39, 0.29) is 10.8 Å². The highest BCUT2D eigenvalue weighted by molar-refractivity contribution is 7.98. The molecule has 1 aliphatic heterocycles. The average Bonchev–Trinajstić information content (AvgIpc) is 2.54. The Kier molecular flexibility index (Phi) is 5.49. The minimum absolute atomic E-state index is 0.131. The van der Waals surface area contributed by atoms with Crippen LogP contribution in [-0.2, 0) is 14.8 Å². The monoisotopic (exact) mass is 344 g/mol. The molecule has 0 radical (unpaired) electrons. The van der Waals surface area contributed by atoms with Crippen molar-refractivity contribution in [2.24, 2.45) is 0 Å². The van der Waals surface area contributed by atoms with Crippen molar-refractivity contribution >= 4 is 27.7 Å². The van der Waals surface area contributed by atoms with Gasteiger partial charge < -0.3 is 9.64 Å². The number of thioether (sulfide) groups is 1.